The van der Waals surface area contributed by atoms with Crippen molar-refractivity contribution in [3.8, 4) is 0 Å². The molecule has 0 fully saturated rings. The molecule has 0 aliphatic heterocycles. The molecule has 0 saturated carbocycles. The van der Waals surface area contributed by atoms with Crippen LogP contribution in [0, 0.1) is 11.6 Å². The maximum Gasteiger partial charge on any atom is 0.135 e. The number of rotatable bonds is 2. The Morgan fingerprint density at radius 1 is 1.38 bits per heavy atom. The van der Waals surface area contributed by atoms with Gasteiger partial charge in [0.2, 0.25) is 0 Å². The van der Waals surface area contributed by atoms with E-state index in [1.165, 1.54) is 19.2 Å². The molecule has 1 rings (SSSR count). The third-order valence-corrected chi connectivity index (χ3v) is 1.55. The summed E-state index contributed by atoms with van der Waals surface area (Å²) in [4.78, 5) is 4.47. The molecular weight excluding hydrogens is 176 g/mol. The first-order valence-electron chi connectivity index (χ1n) is 3.68. The Bertz CT molecular complexity index is 336. The van der Waals surface area contributed by atoms with E-state index in [2.05, 4.69) is 9.99 Å². The molecule has 2 nitrogen and oxygen atoms in total. The highest BCUT2D eigenvalue weighted by molar-refractivity contribution is 5.98. The predicted molar refractivity (Wildman–Crippen MR) is 45.6 cm³/mol. The first-order valence-corrected chi connectivity index (χ1v) is 3.68. The van der Waals surface area contributed by atoms with Crippen molar-refractivity contribution in [2.24, 2.45) is 5.16 Å². The van der Waals surface area contributed by atoms with E-state index in [9.17, 15) is 8.78 Å². The number of oxime groups is 1. The Labute approximate surface area is 74.8 Å². The fourth-order valence-corrected chi connectivity index (χ4v) is 0.969. The molecule has 0 N–H and O–H groups in total. The largest absolute Gasteiger partial charge is 0.399 e. The van der Waals surface area contributed by atoms with Gasteiger partial charge in [0.25, 0.3) is 0 Å². The van der Waals surface area contributed by atoms with Gasteiger partial charge in [-0.3, -0.25) is 0 Å². The molecule has 0 unspecified atom stereocenters. The van der Waals surface area contributed by atoms with Gasteiger partial charge in [-0.25, -0.2) is 8.78 Å². The molecule has 0 aromatic heterocycles. The van der Waals surface area contributed by atoms with Crippen LogP contribution in [0.2, 0.25) is 0 Å². The van der Waals surface area contributed by atoms with E-state index >= 15 is 0 Å². The van der Waals surface area contributed by atoms with E-state index in [0.29, 0.717) is 5.71 Å². The lowest BCUT2D eigenvalue weighted by Crippen LogP contribution is -1.99. The third-order valence-electron chi connectivity index (χ3n) is 1.55. The number of nitrogens with zero attached hydrogens (tertiary/aromatic N) is 1. The summed E-state index contributed by atoms with van der Waals surface area (Å²) < 4.78 is 25.5. The van der Waals surface area contributed by atoms with Crippen molar-refractivity contribution < 1.29 is 13.6 Å². The summed E-state index contributed by atoms with van der Waals surface area (Å²) >= 11 is 0. The van der Waals surface area contributed by atoms with Gasteiger partial charge in [0, 0.05) is 11.6 Å². The summed E-state index contributed by atoms with van der Waals surface area (Å²) in [6.07, 6.45) is 0. The van der Waals surface area contributed by atoms with E-state index in [1.54, 1.807) is 6.92 Å². The molecule has 0 radical (unpaired) electrons. The standard InChI is InChI=1S/C9H9F2NO/c1-6(12-13-2)8-4-3-7(10)5-9(8)11/h3-5H,1-2H3/b12-6+. The van der Waals surface area contributed by atoms with Gasteiger partial charge in [0.05, 0.1) is 5.71 Å². The summed E-state index contributed by atoms with van der Waals surface area (Å²) in [6, 6.07) is 3.31. The average molecular weight is 185 g/mol. The fraction of sp³-hybridized carbons (Fsp3) is 0.222. The minimum absolute atomic E-state index is 0.239. The van der Waals surface area contributed by atoms with Gasteiger partial charge >= 0.3 is 0 Å². The van der Waals surface area contributed by atoms with Gasteiger partial charge in [-0.15, -0.1) is 0 Å². The van der Waals surface area contributed by atoms with Crippen molar-refractivity contribution in [2.45, 2.75) is 6.92 Å². The molecule has 0 bridgehead atoms. The van der Waals surface area contributed by atoms with Crippen molar-refractivity contribution in [1.29, 1.82) is 0 Å². The summed E-state index contributed by atoms with van der Waals surface area (Å²) in [5.74, 6) is -1.25. The molecule has 1 aromatic rings. The van der Waals surface area contributed by atoms with Gasteiger partial charge in [0.15, 0.2) is 0 Å². The summed E-state index contributed by atoms with van der Waals surface area (Å²) in [5.41, 5.74) is 0.614. The Kier molecular flexibility index (Phi) is 2.95. The van der Waals surface area contributed by atoms with Crippen molar-refractivity contribution in [3.05, 3.63) is 35.4 Å². The number of benzene rings is 1. The molecule has 0 atom stereocenters. The van der Waals surface area contributed by atoms with Crippen molar-refractivity contribution >= 4 is 5.71 Å². The molecule has 0 aliphatic rings. The second-order valence-corrected chi connectivity index (χ2v) is 2.48. The summed E-state index contributed by atoms with van der Waals surface area (Å²) in [7, 11) is 1.37. The molecule has 0 amide bonds. The first-order chi connectivity index (χ1) is 6.15. The average Bonchev–Trinajstić information content (AvgIpc) is 2.04. The third kappa shape index (κ3) is 2.24. The highest BCUT2D eigenvalue weighted by atomic mass is 19.1. The molecular formula is C9H9F2NO. The van der Waals surface area contributed by atoms with Crippen LogP contribution in [0.5, 0.6) is 0 Å². The minimum Gasteiger partial charge on any atom is -0.399 e. The summed E-state index contributed by atoms with van der Waals surface area (Å²) in [6.45, 7) is 1.58. The zero-order valence-corrected chi connectivity index (χ0v) is 7.34. The normalized spacial score (nSPS) is 11.5. The van der Waals surface area contributed by atoms with Crippen molar-refractivity contribution in [1.82, 2.24) is 0 Å². The highest BCUT2D eigenvalue weighted by Gasteiger charge is 2.06. The maximum atomic E-state index is 13.0. The highest BCUT2D eigenvalue weighted by Crippen LogP contribution is 2.10. The zero-order chi connectivity index (χ0) is 9.84. The van der Waals surface area contributed by atoms with E-state index in [4.69, 9.17) is 0 Å². The van der Waals surface area contributed by atoms with Gasteiger partial charge in [0.1, 0.15) is 18.7 Å². The van der Waals surface area contributed by atoms with Gasteiger partial charge < -0.3 is 4.84 Å². The predicted octanol–water partition coefficient (Wildman–Crippen LogP) is 2.34. The van der Waals surface area contributed by atoms with E-state index < -0.39 is 11.6 Å². The zero-order valence-electron chi connectivity index (χ0n) is 7.34. The van der Waals surface area contributed by atoms with Crippen LogP contribution in [0.15, 0.2) is 23.4 Å². The van der Waals surface area contributed by atoms with Crippen LogP contribution in [-0.4, -0.2) is 12.8 Å². The van der Waals surface area contributed by atoms with Crippen LogP contribution in [0.3, 0.4) is 0 Å². The van der Waals surface area contributed by atoms with Crippen LogP contribution in [0.25, 0.3) is 0 Å². The lowest BCUT2D eigenvalue weighted by atomic mass is 10.1. The van der Waals surface area contributed by atoms with Gasteiger partial charge in [-0.1, -0.05) is 5.16 Å². The van der Waals surface area contributed by atoms with Crippen LogP contribution in [-0.2, 0) is 4.84 Å². The number of halogens is 2. The van der Waals surface area contributed by atoms with Gasteiger partial charge in [-0.2, -0.15) is 0 Å². The Balaban J connectivity index is 3.09. The van der Waals surface area contributed by atoms with E-state index in [1.807, 2.05) is 0 Å². The second kappa shape index (κ2) is 3.98. The molecule has 0 heterocycles. The van der Waals surface area contributed by atoms with Crippen LogP contribution >= 0.6 is 0 Å². The molecule has 4 heteroatoms. The smallest absolute Gasteiger partial charge is 0.135 e. The van der Waals surface area contributed by atoms with Crippen LogP contribution in [0.1, 0.15) is 12.5 Å². The Hall–Kier alpha value is -1.45. The Morgan fingerprint density at radius 2 is 2.08 bits per heavy atom. The molecule has 0 saturated heterocycles. The summed E-state index contributed by atoms with van der Waals surface area (Å²) in [5, 5.41) is 3.54. The molecule has 0 spiro atoms. The van der Waals surface area contributed by atoms with Gasteiger partial charge in [-0.05, 0) is 19.1 Å². The lowest BCUT2D eigenvalue weighted by Gasteiger charge is -2.01. The topological polar surface area (TPSA) is 21.6 Å². The fourth-order valence-electron chi connectivity index (χ4n) is 0.969. The first kappa shape index (κ1) is 9.64. The number of hydrogen-bond acceptors (Lipinski definition) is 2. The van der Waals surface area contributed by atoms with E-state index in [0.717, 1.165) is 6.07 Å². The van der Waals surface area contributed by atoms with Crippen LogP contribution < -0.4 is 0 Å². The minimum atomic E-state index is -0.640. The van der Waals surface area contributed by atoms with E-state index in [-0.39, 0.29) is 5.56 Å². The van der Waals surface area contributed by atoms with Crippen LogP contribution in [0.4, 0.5) is 8.78 Å². The quantitative estimate of drug-likeness (QED) is 0.512. The molecule has 70 valence electrons. The van der Waals surface area contributed by atoms with Crippen molar-refractivity contribution in [3.63, 3.8) is 0 Å². The molecule has 13 heavy (non-hydrogen) atoms. The molecule has 1 aromatic carbocycles. The Morgan fingerprint density at radius 3 is 2.62 bits per heavy atom. The SMILES string of the molecule is CO/N=C(\C)c1ccc(F)cc1F. The number of hydrogen-bond donors (Lipinski definition) is 0. The lowest BCUT2D eigenvalue weighted by molar-refractivity contribution is 0.213. The maximum absolute atomic E-state index is 13.0. The monoisotopic (exact) mass is 185 g/mol. The molecule has 0 aliphatic carbocycles. The van der Waals surface area contributed by atoms with Crippen molar-refractivity contribution in [2.75, 3.05) is 7.11 Å². The second-order valence-electron chi connectivity index (χ2n) is 2.48.